The minimum atomic E-state index is -2.50. The van der Waals surface area contributed by atoms with Crippen molar-refractivity contribution in [2.24, 2.45) is 23.7 Å². The summed E-state index contributed by atoms with van der Waals surface area (Å²) >= 11 is 0. The number of hydrogen-bond acceptors (Lipinski definition) is 5. The van der Waals surface area contributed by atoms with Gasteiger partial charge in [0.25, 0.3) is 0 Å². The van der Waals surface area contributed by atoms with Crippen LogP contribution in [-0.4, -0.2) is 31.0 Å². The second-order valence-electron chi connectivity index (χ2n) is 7.39. The molecule has 5 nitrogen and oxygen atoms in total. The predicted molar refractivity (Wildman–Crippen MR) is 73.8 cm³/mol. The Morgan fingerprint density at radius 1 is 1.14 bits per heavy atom. The summed E-state index contributed by atoms with van der Waals surface area (Å²) in [6.45, 7) is 6.06. The van der Waals surface area contributed by atoms with Gasteiger partial charge >= 0.3 is 0 Å². The molecule has 4 saturated heterocycles. The van der Waals surface area contributed by atoms with Crippen LogP contribution in [0.25, 0.3) is 0 Å². The Kier molecular flexibility index (Phi) is 2.51. The summed E-state index contributed by atoms with van der Waals surface area (Å²) in [6.07, 6.45) is 2.18. The highest BCUT2D eigenvalue weighted by molar-refractivity contribution is 5.08. The van der Waals surface area contributed by atoms with Crippen LogP contribution in [-0.2, 0) is 24.0 Å². The van der Waals surface area contributed by atoms with Crippen LogP contribution in [0.4, 0.5) is 0 Å². The van der Waals surface area contributed by atoms with Crippen LogP contribution in [0.5, 0.6) is 0 Å². The first-order valence-electron chi connectivity index (χ1n) is 9.52. The zero-order chi connectivity index (χ0) is 17.3. The van der Waals surface area contributed by atoms with Crippen molar-refractivity contribution in [3.8, 4) is 0 Å². The second kappa shape index (κ2) is 4.65. The van der Waals surface area contributed by atoms with Crippen molar-refractivity contribution >= 4 is 0 Å². The first kappa shape index (κ1) is 11.4. The molecule has 120 valence electrons. The van der Waals surface area contributed by atoms with E-state index < -0.39 is 31.0 Å². The molecule has 0 radical (unpaired) electrons. The van der Waals surface area contributed by atoms with Crippen LogP contribution in [0.3, 0.4) is 0 Å². The molecule has 1 saturated carbocycles. The van der Waals surface area contributed by atoms with Crippen LogP contribution in [0.15, 0.2) is 0 Å². The topological polar surface area (TPSA) is 46.2 Å². The maximum Gasteiger partial charge on any atom is 0.201 e. The van der Waals surface area contributed by atoms with Gasteiger partial charge in [0.1, 0.15) is 0 Å². The lowest BCUT2D eigenvalue weighted by Crippen LogP contribution is -2.70. The molecule has 4 heterocycles. The van der Waals surface area contributed by atoms with Crippen LogP contribution in [0, 0.1) is 23.7 Å². The Morgan fingerprint density at radius 3 is 2.81 bits per heavy atom. The predicted octanol–water partition coefficient (Wildman–Crippen LogP) is 2.84. The molecule has 0 unspecified atom stereocenters. The van der Waals surface area contributed by atoms with Gasteiger partial charge in [-0.25, -0.2) is 9.78 Å². The van der Waals surface area contributed by atoms with E-state index in [1.54, 1.807) is 0 Å². The normalized spacial score (nSPS) is 62.1. The SMILES string of the molecule is [2H]C([2H])([2H])O[C@@H]1O[C@@H]2O[C@@]3(C)CC[C@H]4[C@H](C)CC[C@@H]([C@H]1C)[C@@]24OO3. The third kappa shape index (κ3) is 1.81. The molecule has 5 heteroatoms. The van der Waals surface area contributed by atoms with E-state index >= 15 is 0 Å². The molecule has 5 aliphatic rings. The van der Waals surface area contributed by atoms with E-state index in [9.17, 15) is 0 Å². The minimum absolute atomic E-state index is 0.0763. The van der Waals surface area contributed by atoms with Crippen LogP contribution < -0.4 is 0 Å². The zero-order valence-electron chi connectivity index (χ0n) is 15.8. The van der Waals surface area contributed by atoms with Gasteiger partial charge in [0.2, 0.25) is 5.79 Å². The van der Waals surface area contributed by atoms with Gasteiger partial charge in [0.15, 0.2) is 18.2 Å². The van der Waals surface area contributed by atoms with Gasteiger partial charge in [-0.05, 0) is 38.0 Å². The van der Waals surface area contributed by atoms with Crippen molar-refractivity contribution in [3.63, 3.8) is 0 Å². The van der Waals surface area contributed by atoms with E-state index in [0.717, 1.165) is 25.7 Å². The van der Waals surface area contributed by atoms with Crippen molar-refractivity contribution in [3.05, 3.63) is 0 Å². The minimum Gasteiger partial charge on any atom is -0.355 e. The molecule has 5 fully saturated rings. The van der Waals surface area contributed by atoms with Gasteiger partial charge in [0, 0.05) is 25.3 Å². The lowest BCUT2D eigenvalue weighted by atomic mass is 9.58. The monoisotopic (exact) mass is 301 g/mol. The number of rotatable bonds is 1. The molecule has 0 N–H and O–H groups in total. The number of fused-ring (bicyclic) bond motifs is 2. The smallest absolute Gasteiger partial charge is 0.201 e. The molecule has 1 spiro atoms. The Bertz CT molecular complexity index is 514. The van der Waals surface area contributed by atoms with Gasteiger partial charge in [-0.15, -0.1) is 0 Å². The number of ether oxygens (including phenoxy) is 3. The Labute approximate surface area is 130 Å². The lowest BCUT2D eigenvalue weighted by molar-refractivity contribution is -0.577. The van der Waals surface area contributed by atoms with Crippen LogP contribution >= 0.6 is 0 Å². The van der Waals surface area contributed by atoms with Gasteiger partial charge in [0.05, 0.1) is 4.11 Å². The van der Waals surface area contributed by atoms with E-state index in [1.807, 2.05) is 13.8 Å². The standard InChI is InChI=1S/C16H26O5/c1-9-5-6-12-10(2)13(17-4)18-14-16(12)11(9)7-8-15(3,19-14)20-21-16/h9-14H,5-8H2,1-4H3/t9-,10-,11+,12+,13-,14-,15-,16-/m1/s1/i4D3. The highest BCUT2D eigenvalue weighted by atomic mass is 17.3. The molecule has 0 aromatic heterocycles. The summed E-state index contributed by atoms with van der Waals surface area (Å²) in [7, 11) is -2.50. The van der Waals surface area contributed by atoms with E-state index in [0.29, 0.717) is 5.92 Å². The van der Waals surface area contributed by atoms with E-state index in [1.165, 1.54) is 0 Å². The summed E-state index contributed by atoms with van der Waals surface area (Å²) in [4.78, 5) is 11.7. The first-order valence-corrected chi connectivity index (χ1v) is 8.02. The van der Waals surface area contributed by atoms with Gasteiger partial charge < -0.3 is 14.2 Å². The molecule has 0 aromatic rings. The van der Waals surface area contributed by atoms with E-state index in [2.05, 4.69) is 6.92 Å². The van der Waals surface area contributed by atoms with Gasteiger partial charge in [-0.2, -0.15) is 0 Å². The average molecular weight is 301 g/mol. The molecular weight excluding hydrogens is 272 g/mol. The molecule has 0 amide bonds. The van der Waals surface area contributed by atoms with Gasteiger partial charge in [-0.1, -0.05) is 13.8 Å². The first-order chi connectivity index (χ1) is 11.1. The fourth-order valence-electron chi connectivity index (χ4n) is 5.01. The fourth-order valence-corrected chi connectivity index (χ4v) is 5.01. The number of methoxy groups -OCH3 is 1. The summed E-state index contributed by atoms with van der Waals surface area (Å²) < 4.78 is 39.6. The van der Waals surface area contributed by atoms with Crippen molar-refractivity contribution in [1.29, 1.82) is 0 Å². The quantitative estimate of drug-likeness (QED) is 0.697. The molecule has 5 rings (SSSR count). The maximum atomic E-state index is 7.42. The summed E-state index contributed by atoms with van der Waals surface area (Å²) in [5, 5.41) is 0. The molecule has 21 heavy (non-hydrogen) atoms. The van der Waals surface area contributed by atoms with E-state index in [-0.39, 0.29) is 17.8 Å². The molecule has 8 atom stereocenters. The summed E-state index contributed by atoms with van der Waals surface area (Å²) in [5.41, 5.74) is -0.679. The Balaban J connectivity index is 1.72. The van der Waals surface area contributed by atoms with Crippen molar-refractivity contribution < 1.29 is 28.1 Å². The fraction of sp³-hybridized carbons (Fsp3) is 1.00. The highest BCUT2D eigenvalue weighted by Gasteiger charge is 2.69. The van der Waals surface area contributed by atoms with Crippen molar-refractivity contribution in [2.45, 2.75) is 70.4 Å². The largest absolute Gasteiger partial charge is 0.355 e. The molecule has 4 aliphatic heterocycles. The molecule has 0 aromatic carbocycles. The third-order valence-electron chi connectivity index (χ3n) is 6.21. The molecule has 2 bridgehead atoms. The summed E-state index contributed by atoms with van der Waals surface area (Å²) in [6, 6.07) is 0. The van der Waals surface area contributed by atoms with E-state index in [4.69, 9.17) is 28.1 Å². The van der Waals surface area contributed by atoms with Crippen LogP contribution in [0.1, 0.15) is 50.6 Å². The second-order valence-corrected chi connectivity index (χ2v) is 7.39. The molecular formula is C16H26O5. The number of hydrogen-bond donors (Lipinski definition) is 0. The average Bonchev–Trinajstić information content (AvgIpc) is 2.69. The van der Waals surface area contributed by atoms with Gasteiger partial charge in [-0.3, -0.25) is 0 Å². The van der Waals surface area contributed by atoms with Crippen molar-refractivity contribution in [2.75, 3.05) is 7.04 Å². The van der Waals surface area contributed by atoms with Crippen molar-refractivity contribution in [1.82, 2.24) is 0 Å². The van der Waals surface area contributed by atoms with Crippen LogP contribution in [0.2, 0.25) is 0 Å². The molecule has 1 aliphatic carbocycles. The maximum absolute atomic E-state index is 7.42. The highest BCUT2D eigenvalue weighted by Crippen LogP contribution is 2.60. The zero-order valence-corrected chi connectivity index (χ0v) is 12.8. The lowest BCUT2D eigenvalue weighted by Gasteiger charge is -2.60. The Hall–Kier alpha value is -0.200. The Morgan fingerprint density at radius 2 is 2.00 bits per heavy atom. The third-order valence-corrected chi connectivity index (χ3v) is 6.21. The summed E-state index contributed by atoms with van der Waals surface area (Å²) in [5.74, 6) is -0.157.